The lowest BCUT2D eigenvalue weighted by atomic mass is 10.1. The summed E-state index contributed by atoms with van der Waals surface area (Å²) in [5.74, 6) is 0. The second-order valence-corrected chi connectivity index (χ2v) is 4.18. The van der Waals surface area contributed by atoms with E-state index < -0.39 is 0 Å². The van der Waals surface area contributed by atoms with E-state index in [4.69, 9.17) is 9.84 Å². The summed E-state index contributed by atoms with van der Waals surface area (Å²) in [4.78, 5) is 14.1. The Morgan fingerprint density at radius 1 is 1.53 bits per heavy atom. The number of rotatable bonds is 2. The molecule has 6 heteroatoms. The Morgan fingerprint density at radius 3 is 3.18 bits per heavy atom. The fourth-order valence-corrected chi connectivity index (χ4v) is 2.27. The van der Waals surface area contributed by atoms with E-state index in [0.717, 1.165) is 18.5 Å². The summed E-state index contributed by atoms with van der Waals surface area (Å²) in [5.41, 5.74) is 1.21. The van der Waals surface area contributed by atoms with Crippen LogP contribution in [-0.4, -0.2) is 32.4 Å². The van der Waals surface area contributed by atoms with Crippen LogP contribution in [0, 0.1) is 0 Å². The Bertz CT molecular complexity index is 589. The van der Waals surface area contributed by atoms with Crippen LogP contribution in [-0.2, 0) is 4.74 Å². The maximum absolute atomic E-state index is 11.5. The molecule has 1 fully saturated rings. The lowest BCUT2D eigenvalue weighted by Crippen LogP contribution is -2.14. The normalized spacial score (nSPS) is 24.5. The van der Waals surface area contributed by atoms with Crippen molar-refractivity contribution >= 4 is 5.52 Å². The van der Waals surface area contributed by atoms with Gasteiger partial charge in [0.05, 0.1) is 18.4 Å². The van der Waals surface area contributed by atoms with Gasteiger partial charge in [-0.1, -0.05) is 0 Å². The predicted octanol–water partition coefficient (Wildman–Crippen LogP) is 0.235. The molecule has 1 aliphatic heterocycles. The molecule has 2 aromatic rings. The summed E-state index contributed by atoms with van der Waals surface area (Å²) in [6, 6.07) is 3.58. The highest BCUT2D eigenvalue weighted by Gasteiger charge is 2.28. The van der Waals surface area contributed by atoms with Gasteiger partial charge < -0.3 is 14.8 Å². The van der Waals surface area contributed by atoms with E-state index in [-0.39, 0.29) is 24.4 Å². The van der Waals surface area contributed by atoms with E-state index in [9.17, 15) is 4.79 Å². The first-order valence-electron chi connectivity index (χ1n) is 5.61. The monoisotopic (exact) mass is 235 g/mol. The number of aromatic nitrogens is 3. The van der Waals surface area contributed by atoms with Gasteiger partial charge in [0.1, 0.15) is 17.9 Å². The number of ether oxygens (including phenoxy) is 1. The zero-order valence-corrected chi connectivity index (χ0v) is 9.17. The van der Waals surface area contributed by atoms with Crippen LogP contribution in [0.4, 0.5) is 0 Å². The molecule has 2 aromatic heterocycles. The van der Waals surface area contributed by atoms with Crippen molar-refractivity contribution < 1.29 is 9.84 Å². The fraction of sp³-hybridized carbons (Fsp3) is 0.455. The van der Waals surface area contributed by atoms with Crippen LogP contribution in [0.2, 0.25) is 0 Å². The van der Waals surface area contributed by atoms with Gasteiger partial charge in [0.25, 0.3) is 5.56 Å². The molecule has 90 valence electrons. The molecule has 3 rings (SSSR count). The molecule has 2 unspecified atom stereocenters. The van der Waals surface area contributed by atoms with Gasteiger partial charge in [0.15, 0.2) is 0 Å². The van der Waals surface area contributed by atoms with Crippen molar-refractivity contribution in [3.8, 4) is 0 Å². The molecule has 0 bridgehead atoms. The third-order valence-corrected chi connectivity index (χ3v) is 3.13. The second-order valence-electron chi connectivity index (χ2n) is 4.18. The second kappa shape index (κ2) is 3.97. The SMILES string of the molecule is O=c1[nH]cnn2c(C3CCC(CO)O3)ccc12. The van der Waals surface area contributed by atoms with E-state index in [1.807, 2.05) is 6.07 Å². The van der Waals surface area contributed by atoms with Gasteiger partial charge in [0.2, 0.25) is 0 Å². The van der Waals surface area contributed by atoms with E-state index in [1.54, 1.807) is 10.6 Å². The van der Waals surface area contributed by atoms with Crippen molar-refractivity contribution in [3.63, 3.8) is 0 Å². The lowest BCUT2D eigenvalue weighted by molar-refractivity contribution is 0.00855. The van der Waals surface area contributed by atoms with E-state index in [2.05, 4.69) is 10.1 Å². The number of H-pyrrole nitrogens is 1. The molecule has 0 spiro atoms. The highest BCUT2D eigenvalue weighted by molar-refractivity contribution is 5.46. The van der Waals surface area contributed by atoms with Crippen molar-refractivity contribution in [2.45, 2.75) is 25.0 Å². The van der Waals surface area contributed by atoms with E-state index in [0.29, 0.717) is 5.52 Å². The first-order valence-corrected chi connectivity index (χ1v) is 5.61. The molecular weight excluding hydrogens is 222 g/mol. The minimum absolute atomic E-state index is 0.0355. The quantitative estimate of drug-likeness (QED) is 0.781. The van der Waals surface area contributed by atoms with Crippen molar-refractivity contribution in [1.29, 1.82) is 0 Å². The molecule has 0 amide bonds. The number of aromatic amines is 1. The first kappa shape index (κ1) is 10.5. The molecule has 1 saturated heterocycles. The topological polar surface area (TPSA) is 79.6 Å². The van der Waals surface area contributed by atoms with Crippen LogP contribution in [0.15, 0.2) is 23.3 Å². The Labute approximate surface area is 96.8 Å². The lowest BCUT2D eigenvalue weighted by Gasteiger charge is -2.11. The molecule has 6 nitrogen and oxygen atoms in total. The minimum atomic E-state index is -0.164. The first-order chi connectivity index (χ1) is 8.29. The molecule has 3 heterocycles. The maximum Gasteiger partial charge on any atom is 0.275 e. The third kappa shape index (κ3) is 1.65. The molecular formula is C11H13N3O3. The van der Waals surface area contributed by atoms with Gasteiger partial charge in [0, 0.05) is 0 Å². The third-order valence-electron chi connectivity index (χ3n) is 3.13. The van der Waals surface area contributed by atoms with Crippen LogP contribution in [0.3, 0.4) is 0 Å². The van der Waals surface area contributed by atoms with Gasteiger partial charge in [-0.15, -0.1) is 0 Å². The summed E-state index contributed by atoms with van der Waals surface area (Å²) >= 11 is 0. The average Bonchev–Trinajstić information content (AvgIpc) is 2.94. The smallest absolute Gasteiger partial charge is 0.275 e. The Balaban J connectivity index is 2.02. The summed E-state index contributed by atoms with van der Waals surface area (Å²) < 4.78 is 7.28. The van der Waals surface area contributed by atoms with Crippen molar-refractivity contribution in [2.75, 3.05) is 6.61 Å². The van der Waals surface area contributed by atoms with Gasteiger partial charge >= 0.3 is 0 Å². The van der Waals surface area contributed by atoms with Crippen LogP contribution in [0.1, 0.15) is 24.6 Å². The summed E-state index contributed by atoms with van der Waals surface area (Å²) in [5, 5.41) is 13.2. The molecule has 0 radical (unpaired) electrons. The summed E-state index contributed by atoms with van der Waals surface area (Å²) in [6.45, 7) is 0.0355. The Hall–Kier alpha value is -1.66. The number of hydrogen-bond donors (Lipinski definition) is 2. The van der Waals surface area contributed by atoms with Gasteiger partial charge in [-0.2, -0.15) is 5.10 Å². The summed E-state index contributed by atoms with van der Waals surface area (Å²) in [6.07, 6.45) is 2.84. The number of nitrogens with one attached hydrogen (secondary N) is 1. The Kier molecular flexibility index (Phi) is 2.45. The predicted molar refractivity (Wildman–Crippen MR) is 59.7 cm³/mol. The van der Waals surface area contributed by atoms with E-state index >= 15 is 0 Å². The van der Waals surface area contributed by atoms with Crippen LogP contribution < -0.4 is 5.56 Å². The van der Waals surface area contributed by atoms with Gasteiger partial charge in [-0.3, -0.25) is 4.79 Å². The number of fused-ring (bicyclic) bond motifs is 1. The molecule has 2 N–H and O–H groups in total. The number of nitrogens with zero attached hydrogens (tertiary/aromatic N) is 2. The molecule has 0 aromatic carbocycles. The fourth-order valence-electron chi connectivity index (χ4n) is 2.27. The minimum Gasteiger partial charge on any atom is -0.394 e. The van der Waals surface area contributed by atoms with Crippen LogP contribution in [0.5, 0.6) is 0 Å². The Morgan fingerprint density at radius 2 is 2.41 bits per heavy atom. The molecule has 0 saturated carbocycles. The zero-order chi connectivity index (χ0) is 11.8. The standard InChI is InChI=1S/C11H13N3O3/c15-5-7-1-4-10(17-7)8-2-3-9-11(16)12-6-13-14(8)9/h2-3,6-7,10,15H,1,4-5H2,(H,12,13,16). The van der Waals surface area contributed by atoms with Crippen molar-refractivity contribution in [2.24, 2.45) is 0 Å². The molecule has 2 atom stereocenters. The largest absolute Gasteiger partial charge is 0.394 e. The molecule has 17 heavy (non-hydrogen) atoms. The van der Waals surface area contributed by atoms with Crippen molar-refractivity contribution in [3.05, 3.63) is 34.5 Å². The van der Waals surface area contributed by atoms with Gasteiger partial charge in [-0.25, -0.2) is 4.52 Å². The zero-order valence-electron chi connectivity index (χ0n) is 9.17. The van der Waals surface area contributed by atoms with Gasteiger partial charge in [-0.05, 0) is 25.0 Å². The molecule has 1 aliphatic rings. The van der Waals surface area contributed by atoms with Crippen LogP contribution >= 0.6 is 0 Å². The highest BCUT2D eigenvalue weighted by Crippen LogP contribution is 2.32. The average molecular weight is 235 g/mol. The number of aliphatic hydroxyl groups is 1. The number of aliphatic hydroxyl groups excluding tert-OH is 1. The number of hydrogen-bond acceptors (Lipinski definition) is 4. The van der Waals surface area contributed by atoms with Crippen molar-refractivity contribution in [1.82, 2.24) is 14.6 Å². The molecule has 0 aliphatic carbocycles. The van der Waals surface area contributed by atoms with Crippen LogP contribution in [0.25, 0.3) is 5.52 Å². The summed E-state index contributed by atoms with van der Waals surface area (Å²) in [7, 11) is 0. The maximum atomic E-state index is 11.5. The highest BCUT2D eigenvalue weighted by atomic mass is 16.5. The van der Waals surface area contributed by atoms with E-state index in [1.165, 1.54) is 6.33 Å².